The van der Waals surface area contributed by atoms with Gasteiger partial charge >= 0.3 is 0 Å². The van der Waals surface area contributed by atoms with E-state index < -0.39 is 5.54 Å². The van der Waals surface area contributed by atoms with Crippen LogP contribution < -0.4 is 10.1 Å². The van der Waals surface area contributed by atoms with Crippen molar-refractivity contribution in [3.8, 4) is 5.88 Å². The molecule has 0 aliphatic heterocycles. The molecule has 1 fully saturated rings. The molecule has 0 aromatic carbocycles. The molecule has 1 saturated carbocycles. The van der Waals surface area contributed by atoms with E-state index >= 15 is 0 Å². The molecule has 0 spiro atoms. The molecule has 2 aromatic rings. The summed E-state index contributed by atoms with van der Waals surface area (Å²) in [6.45, 7) is 1.72. The first-order valence-electron chi connectivity index (χ1n) is 6.77. The van der Waals surface area contributed by atoms with Crippen LogP contribution in [0.4, 0.5) is 0 Å². The van der Waals surface area contributed by atoms with Gasteiger partial charge < -0.3 is 19.1 Å². The number of ether oxygens (including phenoxy) is 1. The number of hydrogen-bond donors (Lipinski definition) is 1. The molecule has 0 saturated heterocycles. The van der Waals surface area contributed by atoms with Gasteiger partial charge in [0.05, 0.1) is 13.2 Å². The van der Waals surface area contributed by atoms with Crippen LogP contribution in [-0.4, -0.2) is 28.3 Å². The second-order valence-electron chi connectivity index (χ2n) is 5.11. The van der Waals surface area contributed by atoms with Crippen LogP contribution in [0, 0.1) is 6.92 Å². The Hall–Kier alpha value is -2.38. The predicted molar refractivity (Wildman–Crippen MR) is 69.7 cm³/mol. The highest BCUT2D eigenvalue weighted by Gasteiger charge is 2.42. The van der Waals surface area contributed by atoms with Crippen LogP contribution in [0.15, 0.2) is 15.1 Å². The molecule has 1 N–H and O–H groups in total. The molecule has 2 aromatic heterocycles. The first-order chi connectivity index (χ1) is 10.1. The van der Waals surface area contributed by atoms with Crippen LogP contribution >= 0.6 is 0 Å². The SMILES string of the molecule is COc1cc(C(=O)NC2(c3noc(C)n3)CCCC2)on1. The van der Waals surface area contributed by atoms with Gasteiger partial charge in [-0.05, 0) is 18.0 Å². The summed E-state index contributed by atoms with van der Waals surface area (Å²) in [5, 5.41) is 10.6. The monoisotopic (exact) mass is 292 g/mol. The Morgan fingerprint density at radius 2 is 2.10 bits per heavy atom. The molecule has 1 aliphatic rings. The van der Waals surface area contributed by atoms with Crippen molar-refractivity contribution in [2.45, 2.75) is 38.1 Å². The summed E-state index contributed by atoms with van der Waals surface area (Å²) in [4.78, 5) is 16.6. The molecule has 1 amide bonds. The Morgan fingerprint density at radius 3 is 2.67 bits per heavy atom. The van der Waals surface area contributed by atoms with Gasteiger partial charge in [0.1, 0.15) is 5.54 Å². The smallest absolute Gasteiger partial charge is 0.290 e. The van der Waals surface area contributed by atoms with E-state index in [0.29, 0.717) is 11.7 Å². The van der Waals surface area contributed by atoms with Gasteiger partial charge in [0.25, 0.3) is 11.8 Å². The first-order valence-corrected chi connectivity index (χ1v) is 6.77. The van der Waals surface area contributed by atoms with E-state index in [4.69, 9.17) is 13.8 Å². The maximum absolute atomic E-state index is 12.3. The van der Waals surface area contributed by atoms with Crippen molar-refractivity contribution in [2.75, 3.05) is 7.11 Å². The minimum Gasteiger partial charge on any atom is -0.479 e. The quantitative estimate of drug-likeness (QED) is 0.912. The highest BCUT2D eigenvalue weighted by molar-refractivity contribution is 5.92. The number of rotatable bonds is 4. The molecule has 2 heterocycles. The van der Waals surface area contributed by atoms with Gasteiger partial charge in [-0.3, -0.25) is 4.79 Å². The first kappa shape index (κ1) is 13.6. The number of carbonyl (C=O) groups excluding carboxylic acids is 1. The topological polar surface area (TPSA) is 103 Å². The standard InChI is InChI=1S/C13H16N4O4/c1-8-14-12(17-20-8)13(5-3-4-6-13)15-11(18)9-7-10(19-2)16-21-9/h7H,3-6H2,1-2H3,(H,15,18). The van der Waals surface area contributed by atoms with Gasteiger partial charge in [-0.1, -0.05) is 18.0 Å². The molecule has 8 heteroatoms. The molecule has 1 aliphatic carbocycles. The average molecular weight is 292 g/mol. The molecule has 0 unspecified atom stereocenters. The largest absolute Gasteiger partial charge is 0.479 e. The summed E-state index contributed by atoms with van der Waals surface area (Å²) in [5.41, 5.74) is -0.602. The number of amides is 1. The highest BCUT2D eigenvalue weighted by Crippen LogP contribution is 2.37. The molecule has 112 valence electrons. The van der Waals surface area contributed by atoms with E-state index in [2.05, 4.69) is 20.6 Å². The zero-order chi connectivity index (χ0) is 14.9. The van der Waals surface area contributed by atoms with Crippen LogP contribution in [0.25, 0.3) is 0 Å². The van der Waals surface area contributed by atoms with Crippen molar-refractivity contribution in [1.82, 2.24) is 20.6 Å². The maximum atomic E-state index is 12.3. The number of hydrogen-bond acceptors (Lipinski definition) is 7. The van der Waals surface area contributed by atoms with E-state index in [0.717, 1.165) is 25.7 Å². The van der Waals surface area contributed by atoms with E-state index in [9.17, 15) is 4.79 Å². The summed E-state index contributed by atoms with van der Waals surface area (Å²) in [7, 11) is 1.46. The second kappa shape index (κ2) is 5.19. The lowest BCUT2D eigenvalue weighted by Crippen LogP contribution is -2.44. The van der Waals surface area contributed by atoms with Gasteiger partial charge in [-0.25, -0.2) is 0 Å². The number of nitrogens with zero attached hydrogens (tertiary/aromatic N) is 3. The van der Waals surface area contributed by atoms with Crippen molar-refractivity contribution in [2.24, 2.45) is 0 Å². The minimum atomic E-state index is -0.602. The number of aromatic nitrogens is 3. The van der Waals surface area contributed by atoms with E-state index in [1.165, 1.54) is 13.2 Å². The van der Waals surface area contributed by atoms with Crippen LogP contribution in [0.3, 0.4) is 0 Å². The molecular weight excluding hydrogens is 276 g/mol. The summed E-state index contributed by atoms with van der Waals surface area (Å²) in [5.74, 6) is 0.980. The van der Waals surface area contributed by atoms with Gasteiger partial charge in [0.15, 0.2) is 5.82 Å². The predicted octanol–water partition coefficient (Wildman–Crippen LogP) is 1.57. The van der Waals surface area contributed by atoms with Gasteiger partial charge in [-0.2, -0.15) is 4.98 Å². The number of carbonyl (C=O) groups is 1. The third-order valence-corrected chi connectivity index (χ3v) is 3.69. The fraction of sp³-hybridized carbons (Fsp3) is 0.538. The molecule has 21 heavy (non-hydrogen) atoms. The number of aryl methyl sites for hydroxylation is 1. The average Bonchev–Trinajstić information content (AvgIpc) is 3.18. The second-order valence-corrected chi connectivity index (χ2v) is 5.11. The Bertz CT molecular complexity index is 642. The summed E-state index contributed by atoms with van der Waals surface area (Å²) >= 11 is 0. The third kappa shape index (κ3) is 2.48. The van der Waals surface area contributed by atoms with Crippen molar-refractivity contribution >= 4 is 5.91 Å². The zero-order valence-corrected chi connectivity index (χ0v) is 11.9. The van der Waals surface area contributed by atoms with Crippen LogP contribution in [0.5, 0.6) is 5.88 Å². The molecule has 8 nitrogen and oxygen atoms in total. The zero-order valence-electron chi connectivity index (χ0n) is 11.9. The Labute approximate surface area is 120 Å². The molecule has 0 atom stereocenters. The summed E-state index contributed by atoms with van der Waals surface area (Å²) in [6.07, 6.45) is 3.52. The molecule has 0 bridgehead atoms. The Kier molecular flexibility index (Phi) is 3.36. The normalized spacial score (nSPS) is 16.9. The molecule has 3 rings (SSSR count). The lowest BCUT2D eigenvalue weighted by molar-refractivity contribution is 0.0853. The van der Waals surface area contributed by atoms with Crippen LogP contribution in [0.2, 0.25) is 0 Å². The van der Waals surface area contributed by atoms with E-state index in [1.807, 2.05) is 0 Å². The van der Waals surface area contributed by atoms with Crippen molar-refractivity contribution in [3.05, 3.63) is 23.5 Å². The van der Waals surface area contributed by atoms with Crippen molar-refractivity contribution in [3.63, 3.8) is 0 Å². The third-order valence-electron chi connectivity index (χ3n) is 3.69. The minimum absolute atomic E-state index is 0.0957. The Morgan fingerprint density at radius 1 is 1.33 bits per heavy atom. The van der Waals surface area contributed by atoms with Crippen LogP contribution in [-0.2, 0) is 5.54 Å². The Balaban J connectivity index is 1.84. The molecule has 0 radical (unpaired) electrons. The fourth-order valence-corrected chi connectivity index (χ4v) is 2.62. The van der Waals surface area contributed by atoms with Gasteiger partial charge in [0.2, 0.25) is 11.7 Å². The lowest BCUT2D eigenvalue weighted by Gasteiger charge is -2.25. The number of methoxy groups -OCH3 is 1. The van der Waals surface area contributed by atoms with Gasteiger partial charge in [0, 0.05) is 6.92 Å². The van der Waals surface area contributed by atoms with E-state index in [-0.39, 0.29) is 17.5 Å². The van der Waals surface area contributed by atoms with Crippen molar-refractivity contribution < 1.29 is 18.6 Å². The summed E-state index contributed by atoms with van der Waals surface area (Å²) in [6, 6.07) is 1.44. The van der Waals surface area contributed by atoms with Crippen molar-refractivity contribution in [1.29, 1.82) is 0 Å². The summed E-state index contributed by atoms with van der Waals surface area (Å²) < 4.78 is 14.9. The van der Waals surface area contributed by atoms with E-state index in [1.54, 1.807) is 6.92 Å². The van der Waals surface area contributed by atoms with Gasteiger partial charge in [-0.15, -0.1) is 0 Å². The number of nitrogens with one attached hydrogen (secondary N) is 1. The molecular formula is C13H16N4O4. The lowest BCUT2D eigenvalue weighted by atomic mass is 9.96. The van der Waals surface area contributed by atoms with Crippen LogP contribution in [0.1, 0.15) is 48.0 Å². The fourth-order valence-electron chi connectivity index (χ4n) is 2.62. The maximum Gasteiger partial charge on any atom is 0.290 e. The highest BCUT2D eigenvalue weighted by atomic mass is 16.5.